The van der Waals surface area contributed by atoms with Crippen molar-refractivity contribution in [3.8, 4) is 0 Å². The molecule has 0 bridgehead atoms. The molecular formula is C21H26O4S. The fourth-order valence-electron chi connectivity index (χ4n) is 2.96. The smallest absolute Gasteiger partial charge is 0.136 e. The van der Waals surface area contributed by atoms with Crippen LogP contribution in [0.1, 0.15) is 36.5 Å². The second kappa shape index (κ2) is 8.55. The van der Waals surface area contributed by atoms with Crippen molar-refractivity contribution in [2.75, 3.05) is 6.61 Å². The molecule has 1 aliphatic rings. The van der Waals surface area contributed by atoms with Crippen LogP contribution in [0.5, 0.6) is 0 Å². The lowest BCUT2D eigenvalue weighted by Gasteiger charge is -2.34. The Morgan fingerprint density at radius 1 is 0.923 bits per heavy atom. The van der Waals surface area contributed by atoms with Gasteiger partial charge in [0.25, 0.3) is 0 Å². The highest BCUT2D eigenvalue weighted by atomic mass is 32.2. The van der Waals surface area contributed by atoms with Crippen LogP contribution < -0.4 is 0 Å². The van der Waals surface area contributed by atoms with E-state index in [9.17, 15) is 15.3 Å². The molecule has 0 saturated carbocycles. The zero-order chi connectivity index (χ0) is 18.7. The van der Waals surface area contributed by atoms with Gasteiger partial charge in [-0.15, -0.1) is 0 Å². The summed E-state index contributed by atoms with van der Waals surface area (Å²) < 4.78 is 5.44. The van der Waals surface area contributed by atoms with Crippen molar-refractivity contribution < 1.29 is 20.1 Å². The predicted octanol–water partition coefficient (Wildman–Crippen LogP) is 2.93. The fourth-order valence-corrected chi connectivity index (χ4v) is 3.97. The molecule has 0 radical (unpaired) electrons. The molecule has 1 fully saturated rings. The molecule has 0 amide bonds. The van der Waals surface area contributed by atoms with Crippen LogP contribution in [0.4, 0.5) is 0 Å². The Morgan fingerprint density at radius 3 is 2.08 bits per heavy atom. The molecule has 1 heterocycles. The molecule has 0 spiro atoms. The molecule has 140 valence electrons. The molecule has 0 aliphatic carbocycles. The van der Waals surface area contributed by atoms with E-state index in [4.69, 9.17) is 4.74 Å². The zero-order valence-electron chi connectivity index (χ0n) is 15.1. The third kappa shape index (κ3) is 4.67. The van der Waals surface area contributed by atoms with Gasteiger partial charge in [0.1, 0.15) is 23.7 Å². The van der Waals surface area contributed by atoms with E-state index in [0.717, 1.165) is 11.3 Å². The Kier molecular flexibility index (Phi) is 6.37. The van der Waals surface area contributed by atoms with Gasteiger partial charge in [0, 0.05) is 4.90 Å². The summed E-state index contributed by atoms with van der Waals surface area (Å²) in [6.45, 7) is 4.41. The SMILES string of the molecule is CC(C)c1ccc(Cc2ccc(S[C@H]3OC[C@H](O)[C@H](O)[C@H]3O)cc2)cc1. The molecule has 1 saturated heterocycles. The molecule has 26 heavy (non-hydrogen) atoms. The molecule has 3 N–H and O–H groups in total. The van der Waals surface area contributed by atoms with Crippen LogP contribution in [-0.2, 0) is 11.2 Å². The minimum atomic E-state index is -1.17. The van der Waals surface area contributed by atoms with E-state index in [1.54, 1.807) is 0 Å². The number of rotatable bonds is 5. The minimum Gasteiger partial charge on any atom is -0.388 e. The Bertz CT molecular complexity index is 699. The number of aliphatic hydroxyl groups is 3. The maximum atomic E-state index is 10.0. The van der Waals surface area contributed by atoms with Crippen molar-refractivity contribution >= 4 is 11.8 Å². The Labute approximate surface area is 158 Å². The van der Waals surface area contributed by atoms with Gasteiger partial charge in [-0.1, -0.05) is 62.0 Å². The lowest BCUT2D eigenvalue weighted by atomic mass is 9.99. The van der Waals surface area contributed by atoms with Crippen molar-refractivity contribution in [1.29, 1.82) is 0 Å². The molecule has 2 aromatic rings. The van der Waals surface area contributed by atoms with Gasteiger partial charge in [-0.3, -0.25) is 0 Å². The molecule has 2 aromatic carbocycles. The molecule has 3 rings (SSSR count). The van der Waals surface area contributed by atoms with Gasteiger partial charge in [-0.05, 0) is 41.2 Å². The van der Waals surface area contributed by atoms with Crippen LogP contribution in [-0.4, -0.2) is 45.7 Å². The first-order valence-electron chi connectivity index (χ1n) is 8.94. The van der Waals surface area contributed by atoms with Crippen LogP contribution >= 0.6 is 11.8 Å². The number of ether oxygens (including phenoxy) is 1. The van der Waals surface area contributed by atoms with Gasteiger partial charge in [-0.2, -0.15) is 0 Å². The van der Waals surface area contributed by atoms with Crippen molar-refractivity contribution in [3.63, 3.8) is 0 Å². The summed E-state index contributed by atoms with van der Waals surface area (Å²) in [6, 6.07) is 16.9. The standard InChI is InChI=1S/C21H26O4S/c1-13(2)16-7-3-14(4-8-16)11-15-5-9-17(10-6-15)26-21-20(24)19(23)18(22)12-25-21/h3-10,13,18-24H,11-12H2,1-2H3/t18-,19-,20+,21+/m0/s1. The Hall–Kier alpha value is -1.37. The predicted molar refractivity (Wildman–Crippen MR) is 103 cm³/mol. The number of hydrogen-bond acceptors (Lipinski definition) is 5. The van der Waals surface area contributed by atoms with Crippen LogP contribution in [0, 0.1) is 0 Å². The summed E-state index contributed by atoms with van der Waals surface area (Å²) in [7, 11) is 0. The highest BCUT2D eigenvalue weighted by molar-refractivity contribution is 7.99. The first kappa shape index (κ1) is 19.4. The second-order valence-electron chi connectivity index (χ2n) is 7.09. The average Bonchev–Trinajstić information content (AvgIpc) is 2.64. The molecule has 4 nitrogen and oxygen atoms in total. The van der Waals surface area contributed by atoms with Crippen molar-refractivity contribution in [2.24, 2.45) is 0 Å². The summed E-state index contributed by atoms with van der Waals surface area (Å²) in [4.78, 5) is 0.955. The van der Waals surface area contributed by atoms with Crippen LogP contribution in [0.15, 0.2) is 53.4 Å². The van der Waals surface area contributed by atoms with Crippen molar-refractivity contribution in [3.05, 3.63) is 65.2 Å². The number of hydrogen-bond donors (Lipinski definition) is 3. The minimum absolute atomic E-state index is 0.0281. The second-order valence-corrected chi connectivity index (χ2v) is 8.26. The van der Waals surface area contributed by atoms with Gasteiger partial charge in [-0.25, -0.2) is 0 Å². The molecule has 5 heteroatoms. The maximum Gasteiger partial charge on any atom is 0.136 e. The summed E-state index contributed by atoms with van der Waals surface area (Å²) in [6.07, 6.45) is -2.44. The van der Waals surface area contributed by atoms with Crippen LogP contribution in [0.3, 0.4) is 0 Å². The lowest BCUT2D eigenvalue weighted by Crippen LogP contribution is -2.51. The van der Waals surface area contributed by atoms with E-state index in [-0.39, 0.29) is 6.61 Å². The molecule has 0 unspecified atom stereocenters. The number of aliphatic hydroxyl groups excluding tert-OH is 3. The van der Waals surface area contributed by atoms with E-state index in [1.165, 1.54) is 28.5 Å². The van der Waals surface area contributed by atoms with E-state index in [1.807, 2.05) is 12.1 Å². The first-order chi connectivity index (χ1) is 12.4. The third-order valence-electron chi connectivity index (χ3n) is 4.68. The van der Waals surface area contributed by atoms with Crippen molar-refractivity contribution in [2.45, 2.75) is 54.8 Å². The monoisotopic (exact) mass is 374 g/mol. The van der Waals surface area contributed by atoms with Gasteiger partial charge in [0.15, 0.2) is 0 Å². The summed E-state index contributed by atoms with van der Waals surface area (Å²) >= 11 is 1.36. The number of benzene rings is 2. The van der Waals surface area contributed by atoms with E-state index >= 15 is 0 Å². The van der Waals surface area contributed by atoms with E-state index in [2.05, 4.69) is 50.2 Å². The lowest BCUT2D eigenvalue weighted by molar-refractivity contribution is -0.161. The third-order valence-corrected chi connectivity index (χ3v) is 5.88. The quantitative estimate of drug-likeness (QED) is 0.751. The normalized spacial score (nSPS) is 26.2. The van der Waals surface area contributed by atoms with Gasteiger partial charge in [0.05, 0.1) is 6.61 Å². The highest BCUT2D eigenvalue weighted by Gasteiger charge is 2.37. The summed E-state index contributed by atoms with van der Waals surface area (Å²) in [5, 5.41) is 29.3. The van der Waals surface area contributed by atoms with Gasteiger partial charge in [0.2, 0.25) is 0 Å². The van der Waals surface area contributed by atoms with Crippen LogP contribution in [0.25, 0.3) is 0 Å². The van der Waals surface area contributed by atoms with E-state index in [0.29, 0.717) is 5.92 Å². The largest absolute Gasteiger partial charge is 0.388 e. The topological polar surface area (TPSA) is 69.9 Å². The van der Waals surface area contributed by atoms with Gasteiger partial charge < -0.3 is 20.1 Å². The number of thioether (sulfide) groups is 1. The highest BCUT2D eigenvalue weighted by Crippen LogP contribution is 2.31. The maximum absolute atomic E-state index is 10.0. The Morgan fingerprint density at radius 2 is 1.50 bits per heavy atom. The molecular weight excluding hydrogens is 348 g/mol. The molecule has 0 aromatic heterocycles. The first-order valence-corrected chi connectivity index (χ1v) is 9.82. The summed E-state index contributed by atoms with van der Waals surface area (Å²) in [5.74, 6) is 0.539. The average molecular weight is 375 g/mol. The van der Waals surface area contributed by atoms with E-state index < -0.39 is 23.7 Å². The molecule has 1 aliphatic heterocycles. The van der Waals surface area contributed by atoms with Crippen LogP contribution in [0.2, 0.25) is 0 Å². The molecule has 4 atom stereocenters. The van der Waals surface area contributed by atoms with Gasteiger partial charge >= 0.3 is 0 Å². The summed E-state index contributed by atoms with van der Waals surface area (Å²) in [5.41, 5.74) is 3.26. The van der Waals surface area contributed by atoms with Crippen molar-refractivity contribution in [1.82, 2.24) is 0 Å². The zero-order valence-corrected chi connectivity index (χ0v) is 15.9. The fraction of sp³-hybridized carbons (Fsp3) is 0.429. The Balaban J connectivity index is 1.60.